The first-order valence-electron chi connectivity index (χ1n) is 6.27. The van der Waals surface area contributed by atoms with Gasteiger partial charge in [0.2, 0.25) is 0 Å². The molecule has 0 spiro atoms. The van der Waals surface area contributed by atoms with Crippen molar-refractivity contribution in [2.24, 2.45) is 0 Å². The van der Waals surface area contributed by atoms with Crippen LogP contribution in [0.5, 0.6) is 5.75 Å². The van der Waals surface area contributed by atoms with E-state index in [-0.39, 0.29) is 4.90 Å². The van der Waals surface area contributed by atoms with Crippen LogP contribution in [0.3, 0.4) is 0 Å². The van der Waals surface area contributed by atoms with Crippen LogP contribution < -0.4 is 9.46 Å². The number of ether oxygens (including phenoxy) is 1. The normalized spacial score (nSPS) is 11.2. The first-order valence-corrected chi connectivity index (χ1v) is 8.55. The minimum absolute atomic E-state index is 0.191. The van der Waals surface area contributed by atoms with Gasteiger partial charge in [0.15, 0.2) is 0 Å². The number of hydrogen-bond donors (Lipinski definition) is 1. The fourth-order valence-electron chi connectivity index (χ4n) is 1.93. The number of methoxy groups -OCH3 is 1. The maximum Gasteiger partial charge on any atom is 0.263 e. The Hall–Kier alpha value is -1.53. The second kappa shape index (κ2) is 6.07. The molecule has 0 aliphatic carbocycles. The van der Waals surface area contributed by atoms with Crippen molar-refractivity contribution >= 4 is 31.6 Å². The predicted molar refractivity (Wildman–Crippen MR) is 87.4 cm³/mol. The van der Waals surface area contributed by atoms with Gasteiger partial charge in [-0.25, -0.2) is 8.42 Å². The van der Waals surface area contributed by atoms with Gasteiger partial charge in [-0.15, -0.1) is 0 Å². The summed E-state index contributed by atoms with van der Waals surface area (Å²) in [5, 5.41) is 0. The second-order valence-electron chi connectivity index (χ2n) is 4.74. The van der Waals surface area contributed by atoms with Crippen molar-refractivity contribution in [2.75, 3.05) is 11.8 Å². The predicted octanol–water partition coefficient (Wildman–Crippen LogP) is 3.88. The summed E-state index contributed by atoms with van der Waals surface area (Å²) in [7, 11) is -2.18. The number of rotatable bonds is 4. The zero-order valence-electron chi connectivity index (χ0n) is 12.0. The van der Waals surface area contributed by atoms with Gasteiger partial charge in [-0.3, -0.25) is 4.72 Å². The summed E-state index contributed by atoms with van der Waals surface area (Å²) in [5.74, 6) is 0.479. The van der Waals surface area contributed by atoms with Crippen molar-refractivity contribution in [1.29, 1.82) is 0 Å². The molecular weight excluding hydrogens is 354 g/mol. The molecule has 6 heteroatoms. The van der Waals surface area contributed by atoms with Gasteiger partial charge >= 0.3 is 0 Å². The molecule has 0 aliphatic rings. The minimum atomic E-state index is -3.69. The number of aryl methyl sites for hydroxylation is 2. The van der Waals surface area contributed by atoms with Crippen molar-refractivity contribution < 1.29 is 13.2 Å². The molecule has 0 aromatic heterocycles. The summed E-state index contributed by atoms with van der Waals surface area (Å²) in [6.45, 7) is 3.79. The number of hydrogen-bond acceptors (Lipinski definition) is 3. The Morgan fingerprint density at radius 2 is 1.67 bits per heavy atom. The Kier molecular flexibility index (Phi) is 4.58. The molecule has 21 heavy (non-hydrogen) atoms. The molecule has 0 radical (unpaired) electrons. The largest absolute Gasteiger partial charge is 0.495 e. The molecule has 2 rings (SSSR count). The number of nitrogens with one attached hydrogen (secondary N) is 1. The molecule has 0 aliphatic heterocycles. The van der Waals surface area contributed by atoms with E-state index in [0.717, 1.165) is 11.1 Å². The summed E-state index contributed by atoms with van der Waals surface area (Å²) < 4.78 is 33.3. The van der Waals surface area contributed by atoms with Crippen LogP contribution in [-0.2, 0) is 10.0 Å². The second-order valence-corrected chi connectivity index (χ2v) is 7.25. The van der Waals surface area contributed by atoms with Gasteiger partial charge in [0, 0.05) is 4.47 Å². The Morgan fingerprint density at radius 3 is 2.29 bits per heavy atom. The van der Waals surface area contributed by atoms with Crippen molar-refractivity contribution in [3.8, 4) is 5.75 Å². The van der Waals surface area contributed by atoms with E-state index in [1.54, 1.807) is 30.3 Å². The van der Waals surface area contributed by atoms with E-state index >= 15 is 0 Å². The molecular formula is C15H16BrNO3S. The molecule has 1 N–H and O–H groups in total. The fourth-order valence-corrected chi connectivity index (χ4v) is 4.18. The Bertz CT molecular complexity index is 772. The smallest absolute Gasteiger partial charge is 0.263 e. The molecule has 0 unspecified atom stereocenters. The number of benzene rings is 2. The van der Waals surface area contributed by atoms with Crippen LogP contribution in [0.4, 0.5) is 5.69 Å². The summed E-state index contributed by atoms with van der Waals surface area (Å²) in [6.07, 6.45) is 0. The van der Waals surface area contributed by atoms with E-state index in [1.807, 2.05) is 19.9 Å². The van der Waals surface area contributed by atoms with Crippen LogP contribution in [0.25, 0.3) is 0 Å². The van der Waals surface area contributed by atoms with Crippen molar-refractivity contribution in [3.05, 3.63) is 52.0 Å². The molecule has 0 fully saturated rings. The van der Waals surface area contributed by atoms with Crippen LogP contribution in [-0.4, -0.2) is 15.5 Å². The van der Waals surface area contributed by atoms with Gasteiger partial charge in [0.05, 0.1) is 12.8 Å². The van der Waals surface area contributed by atoms with Crippen molar-refractivity contribution in [3.63, 3.8) is 0 Å². The zero-order chi connectivity index (χ0) is 15.6. The van der Waals surface area contributed by atoms with E-state index in [0.29, 0.717) is 15.9 Å². The van der Waals surface area contributed by atoms with E-state index in [4.69, 9.17) is 4.74 Å². The van der Waals surface area contributed by atoms with Gasteiger partial charge < -0.3 is 4.74 Å². The molecule has 0 bridgehead atoms. The number of sulfonamides is 1. The minimum Gasteiger partial charge on any atom is -0.495 e. The molecule has 2 aromatic carbocycles. The summed E-state index contributed by atoms with van der Waals surface area (Å²) >= 11 is 3.30. The topological polar surface area (TPSA) is 55.4 Å². The van der Waals surface area contributed by atoms with Gasteiger partial charge in [-0.1, -0.05) is 12.1 Å². The van der Waals surface area contributed by atoms with Crippen molar-refractivity contribution in [2.45, 2.75) is 18.7 Å². The lowest BCUT2D eigenvalue weighted by atomic mass is 10.2. The molecule has 0 amide bonds. The summed E-state index contributed by atoms with van der Waals surface area (Å²) in [5.41, 5.74) is 2.34. The van der Waals surface area contributed by atoms with Crippen LogP contribution in [0.2, 0.25) is 0 Å². The van der Waals surface area contributed by atoms with Crippen LogP contribution in [0.15, 0.2) is 45.8 Å². The third-order valence-electron chi connectivity index (χ3n) is 2.98. The van der Waals surface area contributed by atoms with E-state index in [1.165, 1.54) is 7.11 Å². The van der Waals surface area contributed by atoms with Crippen molar-refractivity contribution in [1.82, 2.24) is 0 Å². The summed E-state index contributed by atoms with van der Waals surface area (Å²) in [4.78, 5) is 0.191. The maximum atomic E-state index is 12.5. The Balaban J connectivity index is 2.44. The molecule has 0 heterocycles. The zero-order valence-corrected chi connectivity index (χ0v) is 14.4. The fraction of sp³-hybridized carbons (Fsp3) is 0.200. The van der Waals surface area contributed by atoms with E-state index < -0.39 is 10.0 Å². The monoisotopic (exact) mass is 369 g/mol. The van der Waals surface area contributed by atoms with Crippen LogP contribution in [0, 0.1) is 13.8 Å². The molecule has 0 saturated heterocycles. The van der Waals surface area contributed by atoms with Gasteiger partial charge in [-0.05, 0) is 65.2 Å². The highest BCUT2D eigenvalue weighted by Crippen LogP contribution is 2.30. The Morgan fingerprint density at radius 1 is 1.05 bits per heavy atom. The lowest BCUT2D eigenvalue weighted by Gasteiger charge is -2.13. The highest BCUT2D eigenvalue weighted by molar-refractivity contribution is 9.10. The maximum absolute atomic E-state index is 12.5. The molecule has 2 aromatic rings. The van der Waals surface area contributed by atoms with Gasteiger partial charge in [0.25, 0.3) is 10.0 Å². The first-order chi connectivity index (χ1) is 9.83. The lowest BCUT2D eigenvalue weighted by Crippen LogP contribution is -2.14. The first kappa shape index (κ1) is 15.9. The molecule has 0 atom stereocenters. The lowest BCUT2D eigenvalue weighted by molar-refractivity contribution is 0.417. The third kappa shape index (κ3) is 3.57. The standard InChI is InChI=1S/C15H16BrNO3S/c1-10-5-7-15(12(16)8-10)21(18,19)17-13-9-11(2)4-6-14(13)20-3/h4-9,17H,1-3H3. The molecule has 112 valence electrons. The number of anilines is 1. The Labute approximate surface area is 133 Å². The quantitative estimate of drug-likeness (QED) is 0.889. The van der Waals surface area contributed by atoms with Crippen LogP contribution >= 0.6 is 15.9 Å². The SMILES string of the molecule is COc1ccc(C)cc1NS(=O)(=O)c1ccc(C)cc1Br. The van der Waals surface area contributed by atoms with E-state index in [2.05, 4.69) is 20.7 Å². The summed E-state index contributed by atoms with van der Waals surface area (Å²) in [6, 6.07) is 10.4. The van der Waals surface area contributed by atoms with Gasteiger partial charge in [0.1, 0.15) is 10.6 Å². The van der Waals surface area contributed by atoms with E-state index in [9.17, 15) is 8.42 Å². The number of halogens is 1. The third-order valence-corrected chi connectivity index (χ3v) is 5.32. The average molecular weight is 370 g/mol. The average Bonchev–Trinajstić information content (AvgIpc) is 2.37. The van der Waals surface area contributed by atoms with Gasteiger partial charge in [-0.2, -0.15) is 0 Å². The molecule has 0 saturated carbocycles. The highest BCUT2D eigenvalue weighted by Gasteiger charge is 2.19. The molecule has 4 nitrogen and oxygen atoms in total. The highest BCUT2D eigenvalue weighted by atomic mass is 79.9. The van der Waals surface area contributed by atoms with Crippen LogP contribution in [0.1, 0.15) is 11.1 Å².